The Morgan fingerprint density at radius 3 is 2.42 bits per heavy atom. The van der Waals surface area contributed by atoms with Gasteiger partial charge in [-0.1, -0.05) is 70.1 Å². The molecule has 3 aromatic carbocycles. The summed E-state index contributed by atoms with van der Waals surface area (Å²) in [6.45, 7) is 5.34. The Bertz CT molecular complexity index is 1060. The van der Waals surface area contributed by atoms with E-state index < -0.39 is 0 Å². The molecule has 0 amide bonds. The van der Waals surface area contributed by atoms with Gasteiger partial charge in [0.2, 0.25) is 0 Å². The van der Waals surface area contributed by atoms with Gasteiger partial charge in [-0.3, -0.25) is 4.90 Å². The molecule has 162 valence electrons. The summed E-state index contributed by atoms with van der Waals surface area (Å²) < 4.78 is 14.6. The minimum absolute atomic E-state index is 0.151. The number of nitrogens with zero attached hydrogens (tertiary/aromatic N) is 2. The lowest BCUT2D eigenvalue weighted by Gasteiger charge is -2.44. The van der Waals surface area contributed by atoms with E-state index >= 15 is 0 Å². The van der Waals surface area contributed by atoms with Gasteiger partial charge in [-0.25, -0.2) is 4.39 Å². The number of anilines is 1. The molecule has 1 aliphatic rings. The fourth-order valence-corrected chi connectivity index (χ4v) is 5.18. The molecule has 0 N–H and O–H groups in total. The van der Waals surface area contributed by atoms with Crippen LogP contribution in [0.3, 0.4) is 0 Å². The fraction of sp³-hybridized carbons (Fsp3) is 0.280. The first kappa shape index (κ1) is 22.8. The van der Waals surface area contributed by atoms with Gasteiger partial charge in [-0.15, -0.1) is 0 Å². The number of hydrogen-bond donors (Lipinski definition) is 0. The molecule has 1 unspecified atom stereocenters. The van der Waals surface area contributed by atoms with E-state index in [9.17, 15) is 4.39 Å². The second kappa shape index (κ2) is 10.1. The van der Waals surface area contributed by atoms with Gasteiger partial charge >= 0.3 is 0 Å². The minimum atomic E-state index is -0.151. The number of aryl methyl sites for hydroxylation is 1. The van der Waals surface area contributed by atoms with E-state index in [4.69, 9.17) is 23.2 Å². The van der Waals surface area contributed by atoms with E-state index in [-0.39, 0.29) is 11.9 Å². The van der Waals surface area contributed by atoms with Crippen LogP contribution in [0.2, 0.25) is 10.0 Å². The molecule has 1 fully saturated rings. The molecule has 1 atom stereocenters. The molecule has 0 spiro atoms. The van der Waals surface area contributed by atoms with Gasteiger partial charge in [0.15, 0.2) is 0 Å². The molecule has 3 aromatic rings. The van der Waals surface area contributed by atoms with Crippen molar-refractivity contribution in [3.63, 3.8) is 0 Å². The lowest BCUT2D eigenvalue weighted by atomic mass is 9.99. The molecule has 1 aliphatic heterocycles. The van der Waals surface area contributed by atoms with Crippen LogP contribution in [0.15, 0.2) is 60.7 Å². The summed E-state index contributed by atoms with van der Waals surface area (Å²) in [5.74, 6) is -0.151. The maximum absolute atomic E-state index is 13.7. The number of alkyl halides is 1. The summed E-state index contributed by atoms with van der Waals surface area (Å²) in [6, 6.07) is 19.9. The SMILES string of the molecule is Cc1cc(CN2CCN(c3ccc(Cl)cc3CI)C(c3ccc(Cl)cc3)C2)ccc1F. The number of hydrogen-bond acceptors (Lipinski definition) is 2. The van der Waals surface area contributed by atoms with Crippen LogP contribution in [0.25, 0.3) is 0 Å². The fourth-order valence-electron chi connectivity index (χ4n) is 4.25. The van der Waals surface area contributed by atoms with Crippen molar-refractivity contribution >= 4 is 51.5 Å². The van der Waals surface area contributed by atoms with Crippen LogP contribution < -0.4 is 4.90 Å². The van der Waals surface area contributed by atoms with Crippen molar-refractivity contribution in [3.05, 3.63) is 98.8 Å². The Morgan fingerprint density at radius 2 is 1.71 bits per heavy atom. The predicted octanol–water partition coefficient (Wildman–Crippen LogP) is 7.44. The first-order valence-corrected chi connectivity index (χ1v) is 12.6. The van der Waals surface area contributed by atoms with Crippen LogP contribution >= 0.6 is 45.8 Å². The van der Waals surface area contributed by atoms with Crippen molar-refractivity contribution in [3.8, 4) is 0 Å². The van der Waals surface area contributed by atoms with E-state index in [1.807, 2.05) is 37.3 Å². The quantitative estimate of drug-likeness (QED) is 0.233. The average Bonchev–Trinajstić information content (AvgIpc) is 2.77. The number of piperazine rings is 1. The van der Waals surface area contributed by atoms with Gasteiger partial charge in [0.05, 0.1) is 6.04 Å². The highest BCUT2D eigenvalue weighted by molar-refractivity contribution is 14.1. The molecular formula is C25H24Cl2FIN2. The molecular weight excluding hydrogens is 545 g/mol. The Hall–Kier alpha value is -1.34. The lowest BCUT2D eigenvalue weighted by molar-refractivity contribution is 0.215. The summed E-state index contributed by atoms with van der Waals surface area (Å²) in [7, 11) is 0. The smallest absolute Gasteiger partial charge is 0.126 e. The Kier molecular flexibility index (Phi) is 7.42. The van der Waals surface area contributed by atoms with E-state index in [1.54, 1.807) is 6.07 Å². The zero-order valence-electron chi connectivity index (χ0n) is 17.3. The third-order valence-corrected chi connectivity index (χ3v) is 7.15. The zero-order chi connectivity index (χ0) is 22.0. The minimum Gasteiger partial charge on any atom is -0.362 e. The van der Waals surface area contributed by atoms with E-state index in [1.165, 1.54) is 16.8 Å². The highest BCUT2D eigenvalue weighted by Crippen LogP contribution is 2.36. The van der Waals surface area contributed by atoms with Crippen molar-refractivity contribution in [2.75, 3.05) is 24.5 Å². The van der Waals surface area contributed by atoms with E-state index in [0.29, 0.717) is 5.56 Å². The summed E-state index contributed by atoms with van der Waals surface area (Å²) in [5.41, 5.74) is 5.55. The molecule has 1 saturated heterocycles. The van der Waals surface area contributed by atoms with Gasteiger partial charge in [-0.05, 0) is 65.6 Å². The van der Waals surface area contributed by atoms with Gasteiger partial charge in [0, 0.05) is 46.3 Å². The first-order chi connectivity index (χ1) is 14.9. The van der Waals surface area contributed by atoms with Crippen LogP contribution in [0, 0.1) is 12.7 Å². The van der Waals surface area contributed by atoms with Crippen LogP contribution in [0.5, 0.6) is 0 Å². The highest BCUT2D eigenvalue weighted by atomic mass is 127. The molecule has 1 heterocycles. The highest BCUT2D eigenvalue weighted by Gasteiger charge is 2.29. The Labute approximate surface area is 207 Å². The lowest BCUT2D eigenvalue weighted by Crippen LogP contribution is -2.48. The summed E-state index contributed by atoms with van der Waals surface area (Å²) in [6.07, 6.45) is 0. The van der Waals surface area contributed by atoms with Gasteiger partial charge < -0.3 is 4.90 Å². The summed E-state index contributed by atoms with van der Waals surface area (Å²) in [4.78, 5) is 4.93. The Morgan fingerprint density at radius 1 is 0.968 bits per heavy atom. The first-order valence-electron chi connectivity index (χ1n) is 10.3. The maximum Gasteiger partial charge on any atom is 0.126 e. The molecule has 6 heteroatoms. The van der Waals surface area contributed by atoms with E-state index in [0.717, 1.165) is 46.2 Å². The zero-order valence-corrected chi connectivity index (χ0v) is 21.0. The van der Waals surface area contributed by atoms with Gasteiger partial charge in [-0.2, -0.15) is 0 Å². The van der Waals surface area contributed by atoms with Crippen LogP contribution in [0.1, 0.15) is 28.3 Å². The molecule has 4 rings (SSSR count). The van der Waals surface area contributed by atoms with Crippen molar-refractivity contribution in [1.82, 2.24) is 4.90 Å². The van der Waals surface area contributed by atoms with Crippen molar-refractivity contribution in [1.29, 1.82) is 0 Å². The number of halogens is 4. The molecule has 0 radical (unpaired) electrons. The third kappa shape index (κ3) is 5.36. The van der Waals surface area contributed by atoms with Gasteiger partial charge in [0.1, 0.15) is 5.82 Å². The molecule has 0 aromatic heterocycles. The van der Waals surface area contributed by atoms with Crippen molar-refractivity contribution in [2.45, 2.75) is 23.9 Å². The Balaban J connectivity index is 1.64. The third-order valence-electron chi connectivity index (χ3n) is 5.84. The maximum atomic E-state index is 13.7. The average molecular weight is 569 g/mol. The molecule has 0 saturated carbocycles. The standard InChI is InChI=1S/C25H24Cl2FIN2/c1-17-12-18(2-8-23(17)28)15-30-10-11-31(24-9-7-22(27)13-20(24)14-29)25(16-30)19-3-5-21(26)6-4-19/h2-9,12-13,25H,10-11,14-16H2,1H3. The molecule has 0 bridgehead atoms. The summed E-state index contributed by atoms with van der Waals surface area (Å²) in [5, 5.41) is 1.51. The van der Waals surface area contributed by atoms with Crippen LogP contribution in [-0.2, 0) is 11.0 Å². The van der Waals surface area contributed by atoms with Crippen LogP contribution in [0.4, 0.5) is 10.1 Å². The van der Waals surface area contributed by atoms with E-state index in [2.05, 4.69) is 56.7 Å². The normalized spacial score (nSPS) is 17.2. The van der Waals surface area contributed by atoms with Crippen molar-refractivity contribution in [2.24, 2.45) is 0 Å². The second-order valence-corrected chi connectivity index (χ2v) is 9.62. The monoisotopic (exact) mass is 568 g/mol. The molecule has 31 heavy (non-hydrogen) atoms. The largest absolute Gasteiger partial charge is 0.362 e. The topological polar surface area (TPSA) is 6.48 Å². The predicted molar refractivity (Wildman–Crippen MR) is 137 cm³/mol. The molecule has 0 aliphatic carbocycles. The number of benzene rings is 3. The summed E-state index contributed by atoms with van der Waals surface area (Å²) >= 11 is 14.8. The molecule has 2 nitrogen and oxygen atoms in total. The second-order valence-electron chi connectivity index (χ2n) is 7.99. The van der Waals surface area contributed by atoms with Crippen LogP contribution in [-0.4, -0.2) is 24.5 Å². The number of rotatable bonds is 5. The van der Waals surface area contributed by atoms with Crippen molar-refractivity contribution < 1.29 is 4.39 Å². The van der Waals surface area contributed by atoms with Gasteiger partial charge in [0.25, 0.3) is 0 Å².